The molecule has 1 N–H and O–H groups in total. The maximum Gasteiger partial charge on any atom is 0.258 e. The first-order valence-corrected chi connectivity index (χ1v) is 10.4. The Morgan fingerprint density at radius 3 is 2.66 bits per heavy atom. The number of anilines is 1. The van der Waals surface area contributed by atoms with E-state index in [4.69, 9.17) is 4.74 Å². The number of rotatable bonds is 4. The van der Waals surface area contributed by atoms with Crippen molar-refractivity contribution in [3.8, 4) is 0 Å². The van der Waals surface area contributed by atoms with Gasteiger partial charge in [0.2, 0.25) is 10.0 Å². The van der Waals surface area contributed by atoms with Crippen molar-refractivity contribution in [2.45, 2.75) is 4.90 Å². The highest BCUT2D eigenvalue weighted by molar-refractivity contribution is 7.89. The quantitative estimate of drug-likeness (QED) is 0.708. The molecule has 1 aliphatic heterocycles. The number of halogens is 1. The Morgan fingerprint density at radius 2 is 1.86 bits per heavy atom. The van der Waals surface area contributed by atoms with Gasteiger partial charge in [-0.1, -0.05) is 18.2 Å². The van der Waals surface area contributed by atoms with Crippen molar-refractivity contribution in [3.63, 3.8) is 0 Å². The molecule has 0 spiro atoms. The summed E-state index contributed by atoms with van der Waals surface area (Å²) in [5, 5.41) is 3.39. The summed E-state index contributed by atoms with van der Waals surface area (Å²) in [7, 11) is -3.84. The normalized spacial score (nSPS) is 15.3. The third-order valence-electron chi connectivity index (χ3n) is 4.64. The lowest BCUT2D eigenvalue weighted by molar-refractivity contribution is 0.0730. The van der Waals surface area contributed by atoms with E-state index in [0.717, 1.165) is 29.1 Å². The van der Waals surface area contributed by atoms with Crippen LogP contribution < -0.4 is 5.32 Å². The highest BCUT2D eigenvalue weighted by Gasteiger charge is 2.28. The number of nitrogens with one attached hydrogen (secondary N) is 1. The van der Waals surface area contributed by atoms with Crippen LogP contribution in [0.2, 0.25) is 0 Å². The summed E-state index contributed by atoms with van der Waals surface area (Å²) in [5.41, 5.74) is 0.789. The zero-order valence-electron chi connectivity index (χ0n) is 15.3. The molecule has 0 unspecified atom stereocenters. The Balaban J connectivity index is 1.61. The number of hydrogen-bond acceptors (Lipinski definition) is 5. The molecule has 0 saturated carbocycles. The summed E-state index contributed by atoms with van der Waals surface area (Å²) in [6, 6.07) is 12.3. The van der Waals surface area contributed by atoms with E-state index in [1.54, 1.807) is 6.07 Å². The van der Waals surface area contributed by atoms with Gasteiger partial charge in [-0.2, -0.15) is 4.31 Å². The Bertz CT molecular complexity index is 1180. The van der Waals surface area contributed by atoms with Gasteiger partial charge in [-0.15, -0.1) is 0 Å². The minimum Gasteiger partial charge on any atom is -0.379 e. The number of carbonyl (C=O) groups is 1. The Morgan fingerprint density at radius 1 is 1.10 bits per heavy atom. The van der Waals surface area contributed by atoms with Crippen LogP contribution in [0.4, 0.5) is 10.1 Å². The van der Waals surface area contributed by atoms with Gasteiger partial charge < -0.3 is 10.1 Å². The molecule has 29 heavy (non-hydrogen) atoms. The molecule has 9 heteroatoms. The number of morpholine rings is 1. The Labute approximate surface area is 167 Å². The van der Waals surface area contributed by atoms with Crippen molar-refractivity contribution in [2.75, 3.05) is 31.6 Å². The van der Waals surface area contributed by atoms with Gasteiger partial charge in [0.25, 0.3) is 5.91 Å². The first kappa shape index (κ1) is 19.4. The van der Waals surface area contributed by atoms with Crippen LogP contribution in [-0.4, -0.2) is 49.9 Å². The minimum atomic E-state index is -3.84. The molecule has 150 valence electrons. The van der Waals surface area contributed by atoms with Crippen molar-refractivity contribution in [1.29, 1.82) is 0 Å². The number of benzene rings is 2. The van der Waals surface area contributed by atoms with Crippen LogP contribution in [0.25, 0.3) is 10.9 Å². The average Bonchev–Trinajstić information content (AvgIpc) is 2.74. The molecule has 1 aromatic heterocycles. The molecular formula is C20H18FN3O4S. The molecule has 0 atom stereocenters. The number of hydrogen-bond donors (Lipinski definition) is 1. The summed E-state index contributed by atoms with van der Waals surface area (Å²) >= 11 is 0. The predicted molar refractivity (Wildman–Crippen MR) is 106 cm³/mol. The number of ether oxygens (including phenoxy) is 1. The summed E-state index contributed by atoms with van der Waals surface area (Å²) in [4.78, 5) is 16.7. The number of pyridine rings is 1. The monoisotopic (exact) mass is 415 g/mol. The van der Waals surface area contributed by atoms with Crippen LogP contribution in [0.1, 0.15) is 10.4 Å². The molecule has 1 fully saturated rings. The molecule has 7 nitrogen and oxygen atoms in total. The van der Waals surface area contributed by atoms with Gasteiger partial charge >= 0.3 is 0 Å². The second kappa shape index (κ2) is 7.86. The zero-order chi connectivity index (χ0) is 20.4. The van der Waals surface area contributed by atoms with E-state index in [2.05, 4.69) is 10.3 Å². The molecule has 1 saturated heterocycles. The number of sulfonamides is 1. The molecule has 2 aromatic carbocycles. The fourth-order valence-electron chi connectivity index (χ4n) is 3.11. The van der Waals surface area contributed by atoms with E-state index in [-0.39, 0.29) is 23.5 Å². The first-order chi connectivity index (χ1) is 13.9. The topological polar surface area (TPSA) is 88.6 Å². The van der Waals surface area contributed by atoms with Crippen LogP contribution in [0.3, 0.4) is 0 Å². The van der Waals surface area contributed by atoms with Gasteiger partial charge in [-0.25, -0.2) is 12.8 Å². The lowest BCUT2D eigenvalue weighted by Crippen LogP contribution is -2.40. The van der Waals surface area contributed by atoms with Crippen molar-refractivity contribution >= 4 is 32.5 Å². The second-order valence-corrected chi connectivity index (χ2v) is 8.47. The van der Waals surface area contributed by atoms with E-state index >= 15 is 0 Å². The Hall–Kier alpha value is -2.88. The van der Waals surface area contributed by atoms with Gasteiger partial charge in [-0.05, 0) is 30.3 Å². The van der Waals surface area contributed by atoms with E-state index in [0.29, 0.717) is 18.9 Å². The maximum atomic E-state index is 14.3. The second-order valence-electron chi connectivity index (χ2n) is 6.53. The smallest absolute Gasteiger partial charge is 0.258 e. The molecule has 0 radical (unpaired) electrons. The molecule has 1 aliphatic rings. The van der Waals surface area contributed by atoms with Gasteiger partial charge in [0.15, 0.2) is 0 Å². The number of aromatic nitrogens is 1. The number of nitrogens with zero attached hydrogens (tertiary/aromatic N) is 2. The SMILES string of the molecule is O=C(Nc1cnc2ccccc2c1)c1cc(S(=O)(=O)N2CCOCC2)ccc1F. The van der Waals surface area contributed by atoms with Gasteiger partial charge in [0, 0.05) is 18.5 Å². The van der Waals surface area contributed by atoms with Gasteiger partial charge in [0.1, 0.15) is 5.82 Å². The third-order valence-corrected chi connectivity index (χ3v) is 6.53. The van der Waals surface area contributed by atoms with Crippen LogP contribution in [0.15, 0.2) is 59.6 Å². The maximum absolute atomic E-state index is 14.3. The third kappa shape index (κ3) is 3.98. The highest BCUT2D eigenvalue weighted by atomic mass is 32.2. The van der Waals surface area contributed by atoms with E-state index < -0.39 is 21.7 Å². The predicted octanol–water partition coefficient (Wildman–Crippen LogP) is 2.65. The van der Waals surface area contributed by atoms with Crippen molar-refractivity contribution in [1.82, 2.24) is 9.29 Å². The Kier molecular flexibility index (Phi) is 5.27. The summed E-state index contributed by atoms with van der Waals surface area (Å²) in [6.07, 6.45) is 1.46. The van der Waals surface area contributed by atoms with E-state index in [1.807, 2.05) is 24.3 Å². The number of fused-ring (bicyclic) bond motifs is 1. The highest BCUT2D eigenvalue weighted by Crippen LogP contribution is 2.22. The number of amides is 1. The molecule has 4 rings (SSSR count). The van der Waals surface area contributed by atoms with Crippen molar-refractivity contribution < 1.29 is 22.3 Å². The fraction of sp³-hybridized carbons (Fsp3) is 0.200. The molecular weight excluding hydrogens is 397 g/mol. The van der Waals surface area contributed by atoms with Crippen molar-refractivity contribution in [3.05, 3.63) is 66.1 Å². The molecule has 0 aliphatic carbocycles. The van der Waals surface area contributed by atoms with Crippen LogP contribution >= 0.6 is 0 Å². The van der Waals surface area contributed by atoms with Gasteiger partial charge in [0.05, 0.1) is 41.1 Å². The number of carbonyl (C=O) groups excluding carboxylic acids is 1. The van der Waals surface area contributed by atoms with E-state index in [9.17, 15) is 17.6 Å². The molecule has 1 amide bonds. The van der Waals surface area contributed by atoms with Gasteiger partial charge in [-0.3, -0.25) is 9.78 Å². The summed E-state index contributed by atoms with van der Waals surface area (Å²) in [6.45, 7) is 1.01. The zero-order valence-corrected chi connectivity index (χ0v) is 16.2. The number of para-hydroxylation sites is 1. The molecule has 2 heterocycles. The molecule has 3 aromatic rings. The fourth-order valence-corrected chi connectivity index (χ4v) is 4.55. The summed E-state index contributed by atoms with van der Waals surface area (Å²) < 4.78 is 46.3. The van der Waals surface area contributed by atoms with Crippen molar-refractivity contribution in [2.24, 2.45) is 0 Å². The lowest BCUT2D eigenvalue weighted by Gasteiger charge is -2.26. The minimum absolute atomic E-state index is 0.136. The van der Waals surface area contributed by atoms with Crippen LogP contribution in [0.5, 0.6) is 0 Å². The largest absolute Gasteiger partial charge is 0.379 e. The standard InChI is InChI=1S/C20H18FN3O4S/c21-18-6-5-16(29(26,27)24-7-9-28-10-8-24)12-17(18)20(25)23-15-11-14-3-1-2-4-19(14)22-13-15/h1-6,11-13H,7-10H2,(H,23,25). The first-order valence-electron chi connectivity index (χ1n) is 8.99. The lowest BCUT2D eigenvalue weighted by atomic mass is 10.2. The average molecular weight is 415 g/mol. The van der Waals surface area contributed by atoms with Crippen LogP contribution in [-0.2, 0) is 14.8 Å². The van der Waals surface area contributed by atoms with E-state index in [1.165, 1.54) is 10.5 Å². The summed E-state index contributed by atoms with van der Waals surface area (Å²) in [5.74, 6) is -1.56. The molecule has 0 bridgehead atoms. The van der Waals surface area contributed by atoms with Crippen LogP contribution in [0, 0.1) is 5.82 Å².